The number of hydrogen-bond donors (Lipinski definition) is 4. The predicted molar refractivity (Wildman–Crippen MR) is 93.1 cm³/mol. The van der Waals surface area contributed by atoms with E-state index in [1.54, 1.807) is 0 Å². The molecule has 0 aliphatic rings. The van der Waals surface area contributed by atoms with Crippen molar-refractivity contribution in [2.45, 2.75) is 24.9 Å². The lowest BCUT2D eigenvalue weighted by Crippen LogP contribution is -2.38. The fraction of sp³-hybridized carbons (Fsp3) is 0.222. The Hall–Kier alpha value is -2.70. The van der Waals surface area contributed by atoms with Crippen LogP contribution in [0, 0.1) is 0 Å². The molecule has 0 aromatic heterocycles. The number of amides is 1. The highest BCUT2D eigenvalue weighted by Crippen LogP contribution is 2.02. The molecule has 24 heavy (non-hydrogen) atoms. The number of benzene rings is 2. The molecule has 6 nitrogen and oxygen atoms in total. The number of rotatable bonds is 6. The van der Waals surface area contributed by atoms with Crippen LogP contribution in [0.4, 0.5) is 0 Å². The van der Waals surface area contributed by atoms with Gasteiger partial charge in [-0.1, -0.05) is 60.7 Å². The van der Waals surface area contributed by atoms with Crippen molar-refractivity contribution >= 4 is 11.9 Å². The van der Waals surface area contributed by atoms with E-state index in [1.807, 2.05) is 60.7 Å². The Labute approximate surface area is 141 Å². The van der Waals surface area contributed by atoms with Gasteiger partial charge in [0, 0.05) is 0 Å². The van der Waals surface area contributed by atoms with Crippen molar-refractivity contribution in [2.24, 2.45) is 17.2 Å². The molecule has 2 atom stereocenters. The van der Waals surface area contributed by atoms with Crippen LogP contribution < -0.4 is 17.2 Å². The van der Waals surface area contributed by atoms with Crippen LogP contribution in [0.3, 0.4) is 0 Å². The van der Waals surface area contributed by atoms with Crippen LogP contribution in [-0.4, -0.2) is 29.1 Å². The van der Waals surface area contributed by atoms with Crippen molar-refractivity contribution in [3.8, 4) is 0 Å². The van der Waals surface area contributed by atoms with E-state index in [-0.39, 0.29) is 0 Å². The summed E-state index contributed by atoms with van der Waals surface area (Å²) in [4.78, 5) is 21.0. The van der Waals surface area contributed by atoms with Gasteiger partial charge in [-0.15, -0.1) is 0 Å². The van der Waals surface area contributed by atoms with Crippen LogP contribution in [0.1, 0.15) is 11.1 Å². The van der Waals surface area contributed by atoms with Gasteiger partial charge in [0.25, 0.3) is 0 Å². The zero-order valence-electron chi connectivity index (χ0n) is 13.3. The van der Waals surface area contributed by atoms with E-state index in [2.05, 4.69) is 0 Å². The summed E-state index contributed by atoms with van der Waals surface area (Å²) in [6.45, 7) is 0. The van der Waals surface area contributed by atoms with Crippen LogP contribution in [0.25, 0.3) is 0 Å². The van der Waals surface area contributed by atoms with Gasteiger partial charge in [-0.25, -0.2) is 0 Å². The second-order valence-electron chi connectivity index (χ2n) is 5.33. The standard InChI is InChI=1S/C9H12N2O.C9H11NO2/c2*10-8(9(11)12)6-7-4-2-1-3-5-7/h1-5,8H,6,10H2,(H2,11,12);1-5,8H,6,10H2,(H,11,12)/t2*8-/m11/s1. The lowest BCUT2D eigenvalue weighted by Gasteiger charge is -2.06. The minimum absolute atomic E-state index is 0.385. The quantitative estimate of drug-likeness (QED) is 0.618. The Kier molecular flexibility index (Phi) is 8.18. The first-order valence-electron chi connectivity index (χ1n) is 7.51. The highest BCUT2D eigenvalue weighted by Gasteiger charge is 2.11. The van der Waals surface area contributed by atoms with E-state index in [0.29, 0.717) is 12.8 Å². The zero-order valence-corrected chi connectivity index (χ0v) is 13.3. The molecule has 0 bridgehead atoms. The zero-order chi connectivity index (χ0) is 17.9. The van der Waals surface area contributed by atoms with Gasteiger partial charge in [0.2, 0.25) is 5.91 Å². The number of carboxylic acids is 1. The highest BCUT2D eigenvalue weighted by atomic mass is 16.4. The number of nitrogens with two attached hydrogens (primary N) is 3. The molecule has 0 aliphatic heterocycles. The molecule has 0 saturated carbocycles. The molecule has 0 radical (unpaired) electrons. The molecule has 0 saturated heterocycles. The maximum Gasteiger partial charge on any atom is 0.320 e. The van der Waals surface area contributed by atoms with Crippen LogP contribution in [0.5, 0.6) is 0 Å². The Morgan fingerprint density at radius 2 is 1.17 bits per heavy atom. The molecular formula is C18H23N3O3. The third kappa shape index (κ3) is 7.53. The lowest BCUT2D eigenvalue weighted by molar-refractivity contribution is -0.138. The van der Waals surface area contributed by atoms with Gasteiger partial charge in [-0.3, -0.25) is 9.59 Å². The molecule has 0 fully saturated rings. The summed E-state index contributed by atoms with van der Waals surface area (Å²) >= 11 is 0. The second kappa shape index (κ2) is 10.1. The number of carbonyl (C=O) groups excluding carboxylic acids is 1. The number of hydrogen-bond acceptors (Lipinski definition) is 4. The SMILES string of the molecule is NC(=O)[C@H](N)Cc1ccccc1.N[C@H](Cc1ccccc1)C(=O)O. The third-order valence-electron chi connectivity index (χ3n) is 3.28. The molecule has 1 amide bonds. The predicted octanol–water partition coefficient (Wildman–Crippen LogP) is 0.683. The van der Waals surface area contributed by atoms with Crippen molar-refractivity contribution in [1.29, 1.82) is 0 Å². The molecule has 6 heteroatoms. The molecule has 0 aliphatic carbocycles. The highest BCUT2D eigenvalue weighted by molar-refractivity contribution is 5.79. The van der Waals surface area contributed by atoms with Crippen LogP contribution in [-0.2, 0) is 22.4 Å². The normalized spacial score (nSPS) is 12.4. The maximum atomic E-state index is 10.6. The van der Waals surface area contributed by atoms with Crippen LogP contribution >= 0.6 is 0 Å². The molecule has 7 N–H and O–H groups in total. The van der Waals surface area contributed by atoms with Gasteiger partial charge >= 0.3 is 5.97 Å². The second-order valence-corrected chi connectivity index (χ2v) is 5.33. The monoisotopic (exact) mass is 329 g/mol. The molecule has 2 aromatic rings. The number of aliphatic carboxylic acids is 1. The smallest absolute Gasteiger partial charge is 0.320 e. The molecule has 0 unspecified atom stereocenters. The maximum absolute atomic E-state index is 10.6. The summed E-state index contributed by atoms with van der Waals surface area (Å²) in [5.74, 6) is -1.42. The van der Waals surface area contributed by atoms with Crippen molar-refractivity contribution in [3.63, 3.8) is 0 Å². The molecule has 128 valence electrons. The summed E-state index contributed by atoms with van der Waals surface area (Å²) in [5.41, 5.74) is 17.8. The first-order valence-corrected chi connectivity index (χ1v) is 7.51. The van der Waals surface area contributed by atoms with E-state index in [0.717, 1.165) is 11.1 Å². The van der Waals surface area contributed by atoms with Gasteiger partial charge in [0.15, 0.2) is 0 Å². The van der Waals surface area contributed by atoms with Crippen molar-refractivity contribution in [2.75, 3.05) is 0 Å². The molecular weight excluding hydrogens is 306 g/mol. The number of primary amides is 1. The average Bonchev–Trinajstić information content (AvgIpc) is 2.57. The van der Waals surface area contributed by atoms with Gasteiger partial charge in [0.1, 0.15) is 6.04 Å². The van der Waals surface area contributed by atoms with Gasteiger partial charge in [-0.05, 0) is 24.0 Å². The Morgan fingerprint density at radius 3 is 1.50 bits per heavy atom. The first-order chi connectivity index (χ1) is 11.4. The third-order valence-corrected chi connectivity index (χ3v) is 3.28. The first kappa shape index (κ1) is 19.3. The number of carbonyl (C=O) groups is 2. The van der Waals surface area contributed by atoms with Crippen LogP contribution in [0.15, 0.2) is 60.7 Å². The Morgan fingerprint density at radius 1 is 0.792 bits per heavy atom. The topological polar surface area (TPSA) is 132 Å². The van der Waals surface area contributed by atoms with Crippen molar-refractivity contribution < 1.29 is 14.7 Å². The summed E-state index contributed by atoms with van der Waals surface area (Å²) in [6, 6.07) is 17.5. The minimum atomic E-state index is -0.959. The minimum Gasteiger partial charge on any atom is -0.480 e. The summed E-state index contributed by atoms with van der Waals surface area (Å²) in [5, 5.41) is 8.52. The van der Waals surface area contributed by atoms with E-state index >= 15 is 0 Å². The Bertz CT molecular complexity index is 575. The average molecular weight is 329 g/mol. The fourth-order valence-corrected chi connectivity index (χ4v) is 1.92. The summed E-state index contributed by atoms with van der Waals surface area (Å²) in [6.07, 6.45) is 0.895. The number of carboxylic acid groups (broad SMARTS) is 1. The lowest BCUT2D eigenvalue weighted by atomic mass is 10.1. The summed E-state index contributed by atoms with van der Waals surface area (Å²) < 4.78 is 0. The fourth-order valence-electron chi connectivity index (χ4n) is 1.92. The largest absolute Gasteiger partial charge is 0.480 e. The molecule has 2 rings (SSSR count). The van der Waals surface area contributed by atoms with E-state index < -0.39 is 24.0 Å². The van der Waals surface area contributed by atoms with Gasteiger partial charge in [-0.2, -0.15) is 0 Å². The van der Waals surface area contributed by atoms with E-state index in [1.165, 1.54) is 0 Å². The van der Waals surface area contributed by atoms with Gasteiger partial charge < -0.3 is 22.3 Å². The molecule has 2 aromatic carbocycles. The van der Waals surface area contributed by atoms with Crippen LogP contribution in [0.2, 0.25) is 0 Å². The van der Waals surface area contributed by atoms with E-state index in [4.69, 9.17) is 22.3 Å². The van der Waals surface area contributed by atoms with Crippen molar-refractivity contribution in [3.05, 3.63) is 71.8 Å². The van der Waals surface area contributed by atoms with Crippen molar-refractivity contribution in [1.82, 2.24) is 0 Å². The molecule has 0 spiro atoms. The summed E-state index contributed by atoms with van der Waals surface area (Å²) in [7, 11) is 0. The Balaban J connectivity index is 0.000000240. The molecule has 0 heterocycles. The van der Waals surface area contributed by atoms with Gasteiger partial charge in [0.05, 0.1) is 6.04 Å². The van der Waals surface area contributed by atoms with E-state index in [9.17, 15) is 9.59 Å².